The zero-order chi connectivity index (χ0) is 17.4. The second-order valence-electron chi connectivity index (χ2n) is 7.80. The quantitative estimate of drug-likeness (QED) is 0.882. The van der Waals surface area contributed by atoms with E-state index in [4.69, 9.17) is 9.97 Å². The predicted molar refractivity (Wildman–Crippen MR) is 97.7 cm³/mol. The standard InChI is InChI=1S/C18H28N6O/c1-23-9-7-18(25,8-10-23)12-19-16-14-11-20-24(2)17(14)22-15(21-16)13-5-3-4-6-13/h11,13,25H,3-10,12H2,1-2H3,(H,19,21,22). The number of likely N-dealkylation sites (tertiary alicyclic amines) is 1. The fraction of sp³-hybridized carbons (Fsp3) is 0.722. The monoisotopic (exact) mass is 344 g/mol. The fourth-order valence-corrected chi connectivity index (χ4v) is 4.00. The Bertz CT molecular complexity index is 743. The molecule has 136 valence electrons. The average molecular weight is 344 g/mol. The molecule has 0 amide bonds. The molecule has 1 aliphatic carbocycles. The zero-order valence-corrected chi connectivity index (χ0v) is 15.2. The molecule has 1 saturated carbocycles. The average Bonchev–Trinajstić information content (AvgIpc) is 3.26. The number of aliphatic hydroxyl groups is 1. The van der Waals surface area contributed by atoms with Gasteiger partial charge in [-0.3, -0.25) is 4.68 Å². The number of nitrogens with one attached hydrogen (secondary N) is 1. The molecule has 0 atom stereocenters. The van der Waals surface area contributed by atoms with Crippen LogP contribution >= 0.6 is 0 Å². The van der Waals surface area contributed by atoms with Gasteiger partial charge in [-0.05, 0) is 32.7 Å². The first-order chi connectivity index (χ1) is 12.0. The maximum absolute atomic E-state index is 10.9. The number of nitrogens with zero attached hydrogens (tertiary/aromatic N) is 5. The highest BCUT2D eigenvalue weighted by Crippen LogP contribution is 2.34. The van der Waals surface area contributed by atoms with E-state index in [-0.39, 0.29) is 0 Å². The third kappa shape index (κ3) is 3.35. The van der Waals surface area contributed by atoms with Crippen LogP contribution in [0.3, 0.4) is 0 Å². The highest BCUT2D eigenvalue weighted by atomic mass is 16.3. The van der Waals surface area contributed by atoms with Gasteiger partial charge in [0.05, 0.1) is 17.2 Å². The third-order valence-corrected chi connectivity index (χ3v) is 5.83. The van der Waals surface area contributed by atoms with E-state index in [9.17, 15) is 5.11 Å². The summed E-state index contributed by atoms with van der Waals surface area (Å²) >= 11 is 0. The molecule has 1 saturated heterocycles. The third-order valence-electron chi connectivity index (χ3n) is 5.83. The molecule has 0 radical (unpaired) electrons. The number of hydrogen-bond donors (Lipinski definition) is 2. The van der Waals surface area contributed by atoms with E-state index < -0.39 is 5.60 Å². The van der Waals surface area contributed by atoms with Gasteiger partial charge in [-0.2, -0.15) is 5.10 Å². The minimum Gasteiger partial charge on any atom is -0.388 e. The topological polar surface area (TPSA) is 79.1 Å². The summed E-state index contributed by atoms with van der Waals surface area (Å²) in [5, 5.41) is 19.6. The molecule has 25 heavy (non-hydrogen) atoms. The molecule has 2 aromatic rings. The van der Waals surface area contributed by atoms with Crippen molar-refractivity contribution in [2.24, 2.45) is 7.05 Å². The molecule has 2 N–H and O–H groups in total. The molecule has 7 heteroatoms. The van der Waals surface area contributed by atoms with Gasteiger partial charge in [0.15, 0.2) is 5.65 Å². The lowest BCUT2D eigenvalue weighted by atomic mass is 9.91. The highest BCUT2D eigenvalue weighted by molar-refractivity contribution is 5.86. The van der Waals surface area contributed by atoms with E-state index in [1.807, 2.05) is 17.9 Å². The van der Waals surface area contributed by atoms with Crippen LogP contribution in [0.1, 0.15) is 50.3 Å². The summed E-state index contributed by atoms with van der Waals surface area (Å²) in [6.07, 6.45) is 8.23. The summed E-state index contributed by atoms with van der Waals surface area (Å²) in [6, 6.07) is 0. The number of hydrogen-bond acceptors (Lipinski definition) is 6. The van der Waals surface area contributed by atoms with E-state index in [1.54, 1.807) is 0 Å². The highest BCUT2D eigenvalue weighted by Gasteiger charge is 2.31. The lowest BCUT2D eigenvalue weighted by molar-refractivity contribution is -0.00407. The van der Waals surface area contributed by atoms with Crippen molar-refractivity contribution < 1.29 is 5.11 Å². The van der Waals surface area contributed by atoms with Gasteiger partial charge in [-0.15, -0.1) is 0 Å². The molecule has 2 fully saturated rings. The Kier molecular flexibility index (Phi) is 4.37. The van der Waals surface area contributed by atoms with Crippen molar-refractivity contribution in [2.75, 3.05) is 32.0 Å². The Labute approximate surface area is 148 Å². The van der Waals surface area contributed by atoms with Crippen molar-refractivity contribution in [3.63, 3.8) is 0 Å². The number of fused-ring (bicyclic) bond motifs is 1. The predicted octanol–water partition coefficient (Wildman–Crippen LogP) is 1.89. The van der Waals surface area contributed by atoms with Crippen molar-refractivity contribution in [1.82, 2.24) is 24.6 Å². The second-order valence-corrected chi connectivity index (χ2v) is 7.80. The Balaban J connectivity index is 1.59. The molecule has 0 aromatic carbocycles. The second kappa shape index (κ2) is 6.53. The van der Waals surface area contributed by atoms with E-state index in [1.165, 1.54) is 25.7 Å². The van der Waals surface area contributed by atoms with Crippen molar-refractivity contribution >= 4 is 16.9 Å². The molecule has 2 aromatic heterocycles. The van der Waals surface area contributed by atoms with Gasteiger partial charge in [0.2, 0.25) is 0 Å². The van der Waals surface area contributed by atoms with Gasteiger partial charge in [0, 0.05) is 32.6 Å². The van der Waals surface area contributed by atoms with Crippen LogP contribution in [0.2, 0.25) is 0 Å². The number of aromatic nitrogens is 4. The van der Waals surface area contributed by atoms with Gasteiger partial charge in [-0.1, -0.05) is 12.8 Å². The molecule has 2 aliphatic rings. The minimum absolute atomic E-state index is 0.450. The minimum atomic E-state index is -0.667. The molecule has 1 aliphatic heterocycles. The number of rotatable bonds is 4. The van der Waals surface area contributed by atoms with Crippen LogP contribution in [0, 0.1) is 0 Å². The van der Waals surface area contributed by atoms with Crippen LogP contribution in [0.15, 0.2) is 6.20 Å². The van der Waals surface area contributed by atoms with Crippen molar-refractivity contribution in [3.05, 3.63) is 12.0 Å². The Morgan fingerprint density at radius 2 is 1.92 bits per heavy atom. The molecule has 0 spiro atoms. The van der Waals surface area contributed by atoms with Crippen molar-refractivity contribution in [3.8, 4) is 0 Å². The number of piperidine rings is 1. The molecular weight excluding hydrogens is 316 g/mol. The van der Waals surface area contributed by atoms with Crippen LogP contribution in [0.4, 0.5) is 5.82 Å². The van der Waals surface area contributed by atoms with Gasteiger partial charge in [0.1, 0.15) is 11.6 Å². The largest absolute Gasteiger partial charge is 0.388 e. The molecule has 4 rings (SSSR count). The molecule has 7 nitrogen and oxygen atoms in total. The summed E-state index contributed by atoms with van der Waals surface area (Å²) in [4.78, 5) is 11.9. The fourth-order valence-electron chi connectivity index (χ4n) is 4.00. The van der Waals surface area contributed by atoms with Gasteiger partial charge < -0.3 is 15.3 Å². The summed E-state index contributed by atoms with van der Waals surface area (Å²) in [5.74, 6) is 2.19. The van der Waals surface area contributed by atoms with Crippen molar-refractivity contribution in [1.29, 1.82) is 0 Å². The maximum atomic E-state index is 10.9. The maximum Gasteiger partial charge on any atom is 0.163 e. The van der Waals surface area contributed by atoms with Crippen molar-refractivity contribution in [2.45, 2.75) is 50.0 Å². The molecule has 3 heterocycles. The van der Waals surface area contributed by atoms with Gasteiger partial charge in [-0.25, -0.2) is 9.97 Å². The van der Waals surface area contributed by atoms with Crippen LogP contribution in [-0.4, -0.2) is 62.0 Å². The summed E-state index contributed by atoms with van der Waals surface area (Å²) in [7, 11) is 4.02. The van der Waals surface area contributed by atoms with Crippen LogP contribution in [0.25, 0.3) is 11.0 Å². The SMILES string of the molecule is CN1CCC(O)(CNc2nc(C3CCCC3)nc3c2cnn3C)CC1. The van der Waals surface area contributed by atoms with Crippen LogP contribution < -0.4 is 5.32 Å². The molecule has 0 bridgehead atoms. The normalized spacial score (nSPS) is 21.9. The Hall–Kier alpha value is -1.73. The van der Waals surface area contributed by atoms with Crippen LogP contribution in [-0.2, 0) is 7.05 Å². The number of anilines is 1. The van der Waals surface area contributed by atoms with Gasteiger partial charge in [0.25, 0.3) is 0 Å². The van der Waals surface area contributed by atoms with E-state index >= 15 is 0 Å². The summed E-state index contributed by atoms with van der Waals surface area (Å²) < 4.78 is 1.81. The lowest BCUT2D eigenvalue weighted by Gasteiger charge is -2.36. The van der Waals surface area contributed by atoms with E-state index in [2.05, 4.69) is 22.4 Å². The van der Waals surface area contributed by atoms with E-state index in [0.717, 1.165) is 48.6 Å². The first-order valence-corrected chi connectivity index (χ1v) is 9.38. The lowest BCUT2D eigenvalue weighted by Crippen LogP contribution is -2.47. The Morgan fingerprint density at radius 1 is 1.20 bits per heavy atom. The molecular formula is C18H28N6O. The smallest absolute Gasteiger partial charge is 0.163 e. The van der Waals surface area contributed by atoms with E-state index in [0.29, 0.717) is 12.5 Å². The summed E-state index contributed by atoms with van der Waals surface area (Å²) in [5.41, 5.74) is 0.203. The number of aryl methyl sites for hydroxylation is 1. The first-order valence-electron chi connectivity index (χ1n) is 9.38. The zero-order valence-electron chi connectivity index (χ0n) is 15.2. The Morgan fingerprint density at radius 3 is 2.64 bits per heavy atom. The van der Waals surface area contributed by atoms with Crippen LogP contribution in [0.5, 0.6) is 0 Å². The summed E-state index contributed by atoms with van der Waals surface area (Å²) in [6.45, 7) is 2.38. The molecule has 0 unspecified atom stereocenters. The first kappa shape index (κ1) is 16.7. The van der Waals surface area contributed by atoms with Gasteiger partial charge >= 0.3 is 0 Å².